The van der Waals surface area contributed by atoms with Gasteiger partial charge in [-0.15, -0.1) is 0 Å². The minimum absolute atomic E-state index is 0.571. The van der Waals surface area contributed by atoms with Gasteiger partial charge in [0, 0.05) is 7.11 Å². The molecule has 0 aliphatic heterocycles. The van der Waals surface area contributed by atoms with E-state index < -0.39 is 0 Å². The van der Waals surface area contributed by atoms with Gasteiger partial charge >= 0.3 is 0 Å². The summed E-state index contributed by atoms with van der Waals surface area (Å²) in [4.78, 5) is 0. The highest BCUT2D eigenvalue weighted by molar-refractivity contribution is 4.68. The molecule has 0 saturated heterocycles. The fourth-order valence-electron chi connectivity index (χ4n) is 1.47. The van der Waals surface area contributed by atoms with Crippen LogP contribution in [0.25, 0.3) is 0 Å². The molecule has 54 valence electrons. The third kappa shape index (κ3) is 1.98. The van der Waals surface area contributed by atoms with Gasteiger partial charge in [0.2, 0.25) is 0 Å². The summed E-state index contributed by atoms with van der Waals surface area (Å²) in [5, 5.41) is 0. The summed E-state index contributed by atoms with van der Waals surface area (Å²) < 4.78 is 5.24. The van der Waals surface area contributed by atoms with E-state index in [1.54, 1.807) is 0 Å². The summed E-state index contributed by atoms with van der Waals surface area (Å²) >= 11 is 0. The van der Waals surface area contributed by atoms with Gasteiger partial charge < -0.3 is 4.74 Å². The van der Waals surface area contributed by atoms with Crippen LogP contribution < -0.4 is 0 Å². The molecule has 0 aromatic rings. The highest BCUT2D eigenvalue weighted by Gasteiger charge is 2.16. The van der Waals surface area contributed by atoms with Gasteiger partial charge in [-0.25, -0.2) is 0 Å². The molecule has 0 heterocycles. The lowest BCUT2D eigenvalue weighted by molar-refractivity contribution is 0.0593. The van der Waals surface area contributed by atoms with E-state index in [4.69, 9.17) is 4.74 Å². The van der Waals surface area contributed by atoms with Gasteiger partial charge in [-0.3, -0.25) is 0 Å². The molecule has 9 heavy (non-hydrogen) atoms. The van der Waals surface area contributed by atoms with Crippen LogP contribution in [0.2, 0.25) is 0 Å². The van der Waals surface area contributed by atoms with E-state index in [1.165, 1.54) is 25.7 Å². The Labute approximate surface area is 57.4 Å². The predicted octanol–water partition coefficient (Wildman–Crippen LogP) is 2.21. The van der Waals surface area contributed by atoms with Crippen molar-refractivity contribution in [1.29, 1.82) is 0 Å². The lowest BCUT2D eigenvalue weighted by Gasteiger charge is -2.24. The Morgan fingerprint density at radius 3 is 2.11 bits per heavy atom. The molecule has 0 spiro atoms. The molecule has 0 radical (unpaired) electrons. The lowest BCUT2D eigenvalue weighted by Crippen LogP contribution is -2.18. The molecule has 0 bridgehead atoms. The predicted molar refractivity (Wildman–Crippen MR) is 38.4 cm³/mol. The topological polar surface area (TPSA) is 9.23 Å². The molecular weight excluding hydrogens is 112 g/mol. The van der Waals surface area contributed by atoms with Crippen LogP contribution in [0.15, 0.2) is 0 Å². The molecule has 1 fully saturated rings. The smallest absolute Gasteiger partial charge is 0.0571 e. The van der Waals surface area contributed by atoms with Crippen LogP contribution in [-0.2, 0) is 4.74 Å². The van der Waals surface area contributed by atoms with E-state index in [9.17, 15) is 0 Å². The van der Waals surface area contributed by atoms with Crippen molar-refractivity contribution in [3.63, 3.8) is 0 Å². The van der Waals surface area contributed by atoms with Crippen molar-refractivity contribution in [3.8, 4) is 0 Å². The van der Waals surface area contributed by atoms with Gasteiger partial charge in [0.15, 0.2) is 0 Å². The maximum atomic E-state index is 5.24. The highest BCUT2D eigenvalue weighted by atomic mass is 16.5. The molecule has 1 saturated carbocycles. The SMILES string of the molecule is COC1CCC(C)CC1. The van der Waals surface area contributed by atoms with Crippen molar-refractivity contribution in [2.75, 3.05) is 7.11 Å². The van der Waals surface area contributed by atoms with Crippen molar-refractivity contribution in [1.82, 2.24) is 0 Å². The van der Waals surface area contributed by atoms with Crippen LogP contribution in [0.5, 0.6) is 0 Å². The van der Waals surface area contributed by atoms with Gasteiger partial charge in [0.25, 0.3) is 0 Å². The minimum Gasteiger partial charge on any atom is -0.381 e. The maximum absolute atomic E-state index is 5.24. The molecule has 1 nitrogen and oxygen atoms in total. The first-order valence-electron chi connectivity index (χ1n) is 3.85. The first-order chi connectivity index (χ1) is 4.33. The molecule has 0 unspecified atom stereocenters. The zero-order chi connectivity index (χ0) is 6.69. The molecule has 1 heteroatoms. The van der Waals surface area contributed by atoms with Gasteiger partial charge in [0.1, 0.15) is 0 Å². The monoisotopic (exact) mass is 128 g/mol. The third-order valence-corrected chi connectivity index (χ3v) is 2.30. The lowest BCUT2D eigenvalue weighted by atomic mass is 9.89. The maximum Gasteiger partial charge on any atom is 0.0571 e. The van der Waals surface area contributed by atoms with E-state index in [2.05, 4.69) is 6.92 Å². The van der Waals surface area contributed by atoms with Gasteiger partial charge in [-0.1, -0.05) is 6.92 Å². The van der Waals surface area contributed by atoms with Gasteiger partial charge in [-0.2, -0.15) is 0 Å². The first-order valence-corrected chi connectivity index (χ1v) is 3.85. The second-order valence-electron chi connectivity index (χ2n) is 3.12. The van der Waals surface area contributed by atoms with Crippen LogP contribution in [0.1, 0.15) is 32.6 Å². The molecule has 0 amide bonds. The van der Waals surface area contributed by atoms with Crippen molar-refractivity contribution in [3.05, 3.63) is 0 Å². The summed E-state index contributed by atoms with van der Waals surface area (Å²) in [7, 11) is 1.82. The molecule has 1 aliphatic rings. The Morgan fingerprint density at radius 2 is 1.67 bits per heavy atom. The van der Waals surface area contributed by atoms with E-state index in [0.717, 1.165) is 5.92 Å². The number of hydrogen-bond donors (Lipinski definition) is 0. The minimum atomic E-state index is 0.571. The number of methoxy groups -OCH3 is 1. The van der Waals surface area contributed by atoms with E-state index in [-0.39, 0.29) is 0 Å². The number of ether oxygens (including phenoxy) is 1. The standard InChI is InChI=1S/C8H16O/c1-7-3-5-8(9-2)6-4-7/h7-8H,3-6H2,1-2H3. The fourth-order valence-corrected chi connectivity index (χ4v) is 1.47. The molecule has 0 aromatic carbocycles. The Morgan fingerprint density at radius 1 is 1.11 bits per heavy atom. The number of hydrogen-bond acceptors (Lipinski definition) is 1. The zero-order valence-electron chi connectivity index (χ0n) is 6.39. The first kappa shape index (κ1) is 7.07. The molecule has 1 rings (SSSR count). The van der Waals surface area contributed by atoms with Crippen molar-refractivity contribution < 1.29 is 4.74 Å². The van der Waals surface area contributed by atoms with Crippen molar-refractivity contribution in [2.24, 2.45) is 5.92 Å². The van der Waals surface area contributed by atoms with Crippen LogP contribution in [0.3, 0.4) is 0 Å². The molecule has 0 aromatic heterocycles. The quantitative estimate of drug-likeness (QED) is 0.526. The molecule has 0 atom stereocenters. The van der Waals surface area contributed by atoms with E-state index >= 15 is 0 Å². The second-order valence-corrected chi connectivity index (χ2v) is 3.12. The fraction of sp³-hybridized carbons (Fsp3) is 1.00. The molecule has 1 aliphatic carbocycles. The average molecular weight is 128 g/mol. The van der Waals surface area contributed by atoms with Crippen LogP contribution in [-0.4, -0.2) is 13.2 Å². The average Bonchev–Trinajstić information content (AvgIpc) is 1.90. The summed E-state index contributed by atoms with van der Waals surface area (Å²) in [5.74, 6) is 0.941. The van der Waals surface area contributed by atoms with E-state index in [0.29, 0.717) is 6.10 Å². The Hall–Kier alpha value is -0.0400. The Kier molecular flexibility index (Phi) is 2.52. The van der Waals surface area contributed by atoms with Gasteiger partial charge in [-0.05, 0) is 31.6 Å². The highest BCUT2D eigenvalue weighted by Crippen LogP contribution is 2.24. The number of rotatable bonds is 1. The molecule has 0 N–H and O–H groups in total. The van der Waals surface area contributed by atoms with Crippen molar-refractivity contribution in [2.45, 2.75) is 38.7 Å². The second kappa shape index (κ2) is 3.21. The Balaban J connectivity index is 2.18. The van der Waals surface area contributed by atoms with Gasteiger partial charge in [0.05, 0.1) is 6.10 Å². The normalized spacial score (nSPS) is 36.7. The van der Waals surface area contributed by atoms with Crippen molar-refractivity contribution >= 4 is 0 Å². The Bertz CT molecular complexity index is 72.6. The van der Waals surface area contributed by atoms with E-state index in [1.807, 2.05) is 7.11 Å². The third-order valence-electron chi connectivity index (χ3n) is 2.30. The summed E-state index contributed by atoms with van der Waals surface area (Å²) in [5.41, 5.74) is 0. The van der Waals surface area contributed by atoms with Crippen LogP contribution in [0.4, 0.5) is 0 Å². The van der Waals surface area contributed by atoms with Crippen LogP contribution in [0, 0.1) is 5.92 Å². The summed E-state index contributed by atoms with van der Waals surface area (Å²) in [6, 6.07) is 0. The largest absolute Gasteiger partial charge is 0.381 e. The molecular formula is C8H16O. The summed E-state index contributed by atoms with van der Waals surface area (Å²) in [6.45, 7) is 2.33. The zero-order valence-corrected chi connectivity index (χ0v) is 6.39. The summed E-state index contributed by atoms with van der Waals surface area (Å²) in [6.07, 6.45) is 5.84. The van der Waals surface area contributed by atoms with Crippen LogP contribution >= 0.6 is 0 Å².